The van der Waals surface area contributed by atoms with Crippen LogP contribution in [0.2, 0.25) is 0 Å². The predicted octanol–water partition coefficient (Wildman–Crippen LogP) is 2.17. The summed E-state index contributed by atoms with van der Waals surface area (Å²) in [5.74, 6) is 0. The normalized spacial score (nSPS) is 11.3. The van der Waals surface area contributed by atoms with Crippen LogP contribution in [0.15, 0.2) is 36.4 Å². The molecule has 0 unspecified atom stereocenters. The van der Waals surface area contributed by atoms with Crippen LogP contribution in [0, 0.1) is 10.8 Å². The zero-order valence-electron chi connectivity index (χ0n) is 6.46. The van der Waals surface area contributed by atoms with E-state index in [1.54, 1.807) is 0 Å². The first-order valence-corrected chi connectivity index (χ1v) is 3.99. The highest BCUT2D eigenvalue weighted by Crippen LogP contribution is 2.18. The van der Waals surface area contributed by atoms with Crippen molar-refractivity contribution in [3.8, 4) is 11.3 Å². The third kappa shape index (κ3) is 0.749. The molecule has 2 nitrogen and oxygen atoms in total. The van der Waals surface area contributed by atoms with Crippen molar-refractivity contribution >= 4 is 0 Å². The van der Waals surface area contributed by atoms with Gasteiger partial charge in [-0.2, -0.15) is 0 Å². The summed E-state index contributed by atoms with van der Waals surface area (Å²) in [5, 5.41) is 1.22. The molecule has 58 valence electrons. The number of rotatable bonds is 0. The Labute approximate surface area is 69.2 Å². The van der Waals surface area contributed by atoms with E-state index < -0.39 is 0 Å². The summed E-state index contributed by atoms with van der Waals surface area (Å²) in [6.07, 6.45) is 0. The fraction of sp³-hybridized carbons (Fsp3) is 0. The van der Waals surface area contributed by atoms with Crippen molar-refractivity contribution in [1.29, 1.82) is 0 Å². The molecule has 2 aliphatic heterocycles. The third-order valence-electron chi connectivity index (χ3n) is 2.10. The van der Waals surface area contributed by atoms with Gasteiger partial charge in [0.15, 0.2) is 0 Å². The number of hydrogen-bond acceptors (Lipinski definition) is 0. The molecule has 2 heterocycles. The van der Waals surface area contributed by atoms with Crippen molar-refractivity contribution in [2.75, 3.05) is 0 Å². The molecule has 0 spiro atoms. The van der Waals surface area contributed by atoms with Crippen LogP contribution in [0.4, 0.5) is 0 Å². The van der Waals surface area contributed by atoms with Crippen molar-refractivity contribution < 1.29 is 0 Å². The van der Waals surface area contributed by atoms with Crippen LogP contribution in [-0.2, 0) is 0 Å². The lowest BCUT2D eigenvalue weighted by Crippen LogP contribution is -1.78. The van der Waals surface area contributed by atoms with Gasteiger partial charge in [-0.25, -0.2) is 0 Å². The van der Waals surface area contributed by atoms with Gasteiger partial charge in [0.05, 0.1) is 5.35 Å². The van der Waals surface area contributed by atoms with Crippen LogP contribution in [0.1, 0.15) is 0 Å². The first-order chi connectivity index (χ1) is 5.93. The van der Waals surface area contributed by atoms with E-state index in [0.29, 0.717) is 0 Å². The monoisotopic (exact) mass is 156 g/mol. The molecule has 0 bridgehead atoms. The molecule has 0 radical (unpaired) electrons. The minimum atomic E-state index is 1.15. The van der Waals surface area contributed by atoms with Gasteiger partial charge in [0, 0.05) is 11.3 Å². The number of aromatic amines is 2. The average Bonchev–Trinajstić information content (AvgIpc) is 2.81. The number of fused-ring (bicyclic) bond motifs is 1. The molecule has 3 aliphatic rings. The molecule has 0 aromatic heterocycles. The molecular formula is C10H8N2. The molecule has 0 amide bonds. The molecule has 0 atom stereocenters. The first kappa shape index (κ1) is 5.89. The van der Waals surface area contributed by atoms with Crippen molar-refractivity contribution in [2.45, 2.75) is 0 Å². The Morgan fingerprint density at radius 2 is 1.83 bits per heavy atom. The van der Waals surface area contributed by atoms with Gasteiger partial charge in [-0.1, -0.05) is 24.3 Å². The molecule has 3 rings (SSSR count). The Balaban J connectivity index is 2.50. The average molecular weight is 156 g/mol. The lowest BCUT2D eigenvalue weighted by atomic mass is 10.2. The SMILES string of the molecule is c1ccc2cc3[nH]c=3[nH]c-2cc1. The molecular weight excluding hydrogens is 148 g/mol. The molecule has 1 aliphatic carbocycles. The van der Waals surface area contributed by atoms with Crippen LogP contribution in [0.5, 0.6) is 0 Å². The topological polar surface area (TPSA) is 31.6 Å². The summed E-state index contributed by atoms with van der Waals surface area (Å²) in [6, 6.07) is 12.4. The van der Waals surface area contributed by atoms with Gasteiger partial charge in [0.1, 0.15) is 5.48 Å². The maximum atomic E-state index is 3.29. The van der Waals surface area contributed by atoms with Gasteiger partial charge in [0.2, 0.25) is 0 Å². The molecule has 2 heteroatoms. The number of H-pyrrole nitrogens is 2. The van der Waals surface area contributed by atoms with Gasteiger partial charge in [0.25, 0.3) is 0 Å². The highest BCUT2D eigenvalue weighted by molar-refractivity contribution is 5.59. The highest BCUT2D eigenvalue weighted by atomic mass is 14.9. The van der Waals surface area contributed by atoms with Crippen molar-refractivity contribution in [1.82, 2.24) is 9.97 Å². The van der Waals surface area contributed by atoms with Crippen molar-refractivity contribution in [3.05, 3.63) is 47.2 Å². The summed E-state index contributed by atoms with van der Waals surface area (Å²) in [4.78, 5) is 6.45. The van der Waals surface area contributed by atoms with Gasteiger partial charge in [-0.15, -0.1) is 0 Å². The van der Waals surface area contributed by atoms with E-state index in [9.17, 15) is 0 Å². The maximum absolute atomic E-state index is 3.29. The van der Waals surface area contributed by atoms with E-state index in [2.05, 4.69) is 28.2 Å². The Morgan fingerprint density at radius 3 is 2.83 bits per heavy atom. The molecule has 0 aromatic rings. The fourth-order valence-electron chi connectivity index (χ4n) is 1.40. The quantitative estimate of drug-likeness (QED) is 0.500. The zero-order chi connectivity index (χ0) is 7.97. The number of hydrogen-bond donors (Lipinski definition) is 2. The first-order valence-electron chi connectivity index (χ1n) is 3.99. The second-order valence-electron chi connectivity index (χ2n) is 2.96. The summed E-state index contributed by atoms with van der Waals surface area (Å²) in [7, 11) is 0. The summed E-state index contributed by atoms with van der Waals surface area (Å²) < 4.78 is 0. The van der Waals surface area contributed by atoms with Gasteiger partial charge in [-0.3, -0.25) is 0 Å². The third-order valence-corrected chi connectivity index (χ3v) is 2.10. The minimum Gasteiger partial charge on any atom is -0.340 e. The molecule has 0 aromatic carbocycles. The van der Waals surface area contributed by atoms with Crippen LogP contribution in [0.25, 0.3) is 11.3 Å². The summed E-state index contributed by atoms with van der Waals surface area (Å²) in [6.45, 7) is 0. The van der Waals surface area contributed by atoms with E-state index in [-0.39, 0.29) is 0 Å². The highest BCUT2D eigenvalue weighted by Gasteiger charge is 2.03. The Hall–Kier alpha value is -1.70. The van der Waals surface area contributed by atoms with Crippen LogP contribution in [0.3, 0.4) is 0 Å². The second kappa shape index (κ2) is 1.91. The second-order valence-corrected chi connectivity index (χ2v) is 2.96. The predicted molar refractivity (Wildman–Crippen MR) is 47.1 cm³/mol. The zero-order valence-corrected chi connectivity index (χ0v) is 6.46. The standard InChI is InChI=1S/C10H8N2/c1-2-4-7-6-9-10(12-9)11-8(7)5-3-1/h1-6,11-12H. The van der Waals surface area contributed by atoms with Gasteiger partial charge in [-0.05, 0) is 12.1 Å². The molecule has 12 heavy (non-hydrogen) atoms. The molecule has 0 saturated heterocycles. The summed E-state index contributed by atoms with van der Waals surface area (Å²) in [5.41, 5.74) is 3.56. The van der Waals surface area contributed by atoms with E-state index >= 15 is 0 Å². The Bertz CT molecular complexity index is 487. The van der Waals surface area contributed by atoms with E-state index in [1.165, 1.54) is 16.6 Å². The van der Waals surface area contributed by atoms with Gasteiger partial charge < -0.3 is 9.97 Å². The smallest absolute Gasteiger partial charge is 0.132 e. The van der Waals surface area contributed by atoms with Crippen LogP contribution in [-0.4, -0.2) is 9.97 Å². The lowest BCUT2D eigenvalue weighted by molar-refractivity contribution is 1.28. The Kier molecular flexibility index (Phi) is 0.939. The minimum absolute atomic E-state index is 1.15. The molecule has 2 N–H and O–H groups in total. The van der Waals surface area contributed by atoms with Crippen LogP contribution >= 0.6 is 0 Å². The van der Waals surface area contributed by atoms with Crippen molar-refractivity contribution in [2.24, 2.45) is 0 Å². The molecule has 0 saturated carbocycles. The van der Waals surface area contributed by atoms with Gasteiger partial charge >= 0.3 is 0 Å². The summed E-state index contributed by atoms with van der Waals surface area (Å²) >= 11 is 0. The van der Waals surface area contributed by atoms with E-state index in [0.717, 1.165) is 5.48 Å². The largest absolute Gasteiger partial charge is 0.340 e. The van der Waals surface area contributed by atoms with Crippen LogP contribution < -0.4 is 0 Å². The Morgan fingerprint density at radius 1 is 0.917 bits per heavy atom. The van der Waals surface area contributed by atoms with Crippen molar-refractivity contribution in [3.63, 3.8) is 0 Å². The van der Waals surface area contributed by atoms with E-state index in [4.69, 9.17) is 0 Å². The van der Waals surface area contributed by atoms with E-state index in [1.807, 2.05) is 18.2 Å². The molecule has 0 fully saturated rings. The number of aromatic nitrogens is 2. The maximum Gasteiger partial charge on any atom is 0.132 e. The lowest BCUT2D eigenvalue weighted by Gasteiger charge is -1.94. The fourth-order valence-corrected chi connectivity index (χ4v) is 1.40. The number of nitrogens with one attached hydrogen (secondary N) is 2.